The number of nitrogens with zero attached hydrogens (tertiary/aromatic N) is 3. The van der Waals surface area contributed by atoms with E-state index in [0.29, 0.717) is 6.54 Å². The second-order valence-electron chi connectivity index (χ2n) is 6.41. The number of nitrogens with two attached hydrogens (primary N) is 1. The molecule has 21 heavy (non-hydrogen) atoms. The van der Waals surface area contributed by atoms with Crippen LogP contribution in [0.1, 0.15) is 37.4 Å². The molecular formula is C17H30N4. The molecule has 4 heteroatoms. The molecule has 0 unspecified atom stereocenters. The van der Waals surface area contributed by atoms with E-state index < -0.39 is 0 Å². The largest absolute Gasteiger partial charge is 0.359 e. The van der Waals surface area contributed by atoms with Gasteiger partial charge in [-0.05, 0) is 63.0 Å². The van der Waals surface area contributed by atoms with Crippen LogP contribution in [-0.2, 0) is 13.0 Å². The van der Waals surface area contributed by atoms with Gasteiger partial charge in [-0.2, -0.15) is 0 Å². The maximum Gasteiger partial charge on any atom is 0.128 e. The molecule has 2 N–H and O–H groups in total. The summed E-state index contributed by atoms with van der Waals surface area (Å²) in [6.07, 6.45) is 4.74. The third kappa shape index (κ3) is 4.68. The third-order valence-corrected chi connectivity index (χ3v) is 4.43. The number of hydrogen-bond donors (Lipinski definition) is 1. The minimum absolute atomic E-state index is 0.592. The van der Waals surface area contributed by atoms with E-state index >= 15 is 0 Å². The monoisotopic (exact) mass is 290 g/mol. The van der Waals surface area contributed by atoms with Gasteiger partial charge in [0.25, 0.3) is 0 Å². The lowest BCUT2D eigenvalue weighted by molar-refractivity contribution is 0.222. The number of aryl methyl sites for hydroxylation is 1. The van der Waals surface area contributed by atoms with E-state index in [1.165, 1.54) is 37.2 Å². The van der Waals surface area contributed by atoms with E-state index in [0.717, 1.165) is 31.1 Å². The van der Waals surface area contributed by atoms with E-state index in [9.17, 15) is 0 Å². The molecule has 0 spiro atoms. The third-order valence-electron chi connectivity index (χ3n) is 4.43. The molecule has 0 saturated carbocycles. The van der Waals surface area contributed by atoms with Gasteiger partial charge < -0.3 is 15.5 Å². The summed E-state index contributed by atoms with van der Waals surface area (Å²) >= 11 is 0. The Balaban J connectivity index is 2.03. The smallest absolute Gasteiger partial charge is 0.128 e. The van der Waals surface area contributed by atoms with Gasteiger partial charge in [0.05, 0.1) is 0 Å². The van der Waals surface area contributed by atoms with Crippen LogP contribution >= 0.6 is 0 Å². The number of aromatic nitrogens is 1. The number of pyridine rings is 1. The van der Waals surface area contributed by atoms with Crippen molar-refractivity contribution in [1.82, 2.24) is 9.88 Å². The maximum atomic E-state index is 5.83. The average Bonchev–Trinajstić information content (AvgIpc) is 2.49. The molecule has 2 rings (SSSR count). The lowest BCUT2D eigenvalue weighted by Crippen LogP contribution is -2.36. The first kappa shape index (κ1) is 16.2. The zero-order valence-electron chi connectivity index (χ0n) is 13.8. The molecule has 0 radical (unpaired) electrons. The number of likely N-dealkylation sites (tertiary alicyclic amines) is 1. The molecular weight excluding hydrogens is 260 g/mol. The summed E-state index contributed by atoms with van der Waals surface area (Å²) in [5, 5.41) is 0. The Morgan fingerprint density at radius 2 is 2.05 bits per heavy atom. The first-order chi connectivity index (χ1) is 10.1. The molecule has 1 aliphatic rings. The van der Waals surface area contributed by atoms with Crippen molar-refractivity contribution in [1.29, 1.82) is 0 Å². The summed E-state index contributed by atoms with van der Waals surface area (Å²) in [5.74, 6) is 1.87. The van der Waals surface area contributed by atoms with Crippen LogP contribution in [0.25, 0.3) is 0 Å². The van der Waals surface area contributed by atoms with Gasteiger partial charge in [-0.25, -0.2) is 4.98 Å². The molecule has 2 heterocycles. The second kappa shape index (κ2) is 7.76. The normalized spacial score (nSPS) is 17.1. The standard InChI is InChI=1S/C17H30N4/c1-4-5-16-10-15(12-18)11-17(19-16)21(3)13-14-6-8-20(2)9-7-14/h10-11,14H,4-9,12-13,18H2,1-3H3. The minimum Gasteiger partial charge on any atom is -0.359 e. The fourth-order valence-corrected chi connectivity index (χ4v) is 3.06. The van der Waals surface area contributed by atoms with Crippen molar-refractivity contribution in [3.63, 3.8) is 0 Å². The molecule has 1 fully saturated rings. The van der Waals surface area contributed by atoms with E-state index in [-0.39, 0.29) is 0 Å². The summed E-state index contributed by atoms with van der Waals surface area (Å²) in [7, 11) is 4.37. The van der Waals surface area contributed by atoms with Gasteiger partial charge >= 0.3 is 0 Å². The van der Waals surface area contributed by atoms with E-state index in [1.54, 1.807) is 0 Å². The Kier molecular flexibility index (Phi) is 6.00. The molecule has 0 amide bonds. The van der Waals surface area contributed by atoms with E-state index in [1.807, 2.05) is 0 Å². The van der Waals surface area contributed by atoms with Crippen LogP contribution in [0.4, 0.5) is 5.82 Å². The Morgan fingerprint density at radius 3 is 2.67 bits per heavy atom. The lowest BCUT2D eigenvalue weighted by Gasteiger charge is -2.32. The SMILES string of the molecule is CCCc1cc(CN)cc(N(C)CC2CCN(C)CC2)n1. The quantitative estimate of drug-likeness (QED) is 0.873. The van der Waals surface area contributed by atoms with Crippen molar-refractivity contribution in [2.45, 2.75) is 39.2 Å². The van der Waals surface area contributed by atoms with Gasteiger partial charge in [-0.15, -0.1) is 0 Å². The summed E-state index contributed by atoms with van der Waals surface area (Å²) in [5.41, 5.74) is 8.20. The molecule has 118 valence electrons. The molecule has 1 aliphatic heterocycles. The van der Waals surface area contributed by atoms with Crippen molar-refractivity contribution < 1.29 is 0 Å². The lowest BCUT2D eigenvalue weighted by atomic mass is 9.96. The summed E-state index contributed by atoms with van der Waals surface area (Å²) in [6, 6.07) is 4.30. The first-order valence-corrected chi connectivity index (χ1v) is 8.22. The highest BCUT2D eigenvalue weighted by atomic mass is 15.2. The van der Waals surface area contributed by atoms with Crippen LogP contribution in [0.15, 0.2) is 12.1 Å². The molecule has 0 aliphatic carbocycles. The van der Waals surface area contributed by atoms with E-state index in [2.05, 4.69) is 43.0 Å². The predicted molar refractivity (Wildman–Crippen MR) is 89.6 cm³/mol. The average molecular weight is 290 g/mol. The number of anilines is 1. The van der Waals surface area contributed by atoms with Gasteiger partial charge in [0.15, 0.2) is 0 Å². The molecule has 0 aromatic carbocycles. The van der Waals surface area contributed by atoms with Crippen molar-refractivity contribution in [3.05, 3.63) is 23.4 Å². The topological polar surface area (TPSA) is 45.4 Å². The summed E-state index contributed by atoms with van der Waals surface area (Å²) < 4.78 is 0. The fraction of sp³-hybridized carbons (Fsp3) is 0.706. The van der Waals surface area contributed by atoms with Crippen molar-refractivity contribution in [3.8, 4) is 0 Å². The summed E-state index contributed by atoms with van der Waals surface area (Å²) in [6.45, 7) is 6.32. The molecule has 1 saturated heterocycles. The molecule has 0 bridgehead atoms. The fourth-order valence-electron chi connectivity index (χ4n) is 3.06. The van der Waals surface area contributed by atoms with Crippen molar-refractivity contribution in [2.24, 2.45) is 11.7 Å². The number of piperidine rings is 1. The maximum absolute atomic E-state index is 5.83. The van der Waals surface area contributed by atoms with Crippen LogP contribution < -0.4 is 10.6 Å². The Bertz CT molecular complexity index is 438. The predicted octanol–water partition coefficient (Wildman–Crippen LogP) is 2.27. The highest BCUT2D eigenvalue weighted by molar-refractivity contribution is 5.42. The molecule has 4 nitrogen and oxygen atoms in total. The highest BCUT2D eigenvalue weighted by Crippen LogP contribution is 2.21. The molecule has 0 atom stereocenters. The van der Waals surface area contributed by atoms with Gasteiger partial charge in [0, 0.05) is 25.8 Å². The van der Waals surface area contributed by atoms with Crippen LogP contribution in [0.5, 0.6) is 0 Å². The highest BCUT2D eigenvalue weighted by Gasteiger charge is 2.19. The van der Waals surface area contributed by atoms with Crippen LogP contribution in [0, 0.1) is 5.92 Å². The van der Waals surface area contributed by atoms with Crippen molar-refractivity contribution >= 4 is 5.82 Å². The zero-order chi connectivity index (χ0) is 15.2. The van der Waals surface area contributed by atoms with Crippen LogP contribution in [0.3, 0.4) is 0 Å². The van der Waals surface area contributed by atoms with Gasteiger partial charge in [0.2, 0.25) is 0 Å². The van der Waals surface area contributed by atoms with Gasteiger partial charge in [-0.1, -0.05) is 13.3 Å². The summed E-state index contributed by atoms with van der Waals surface area (Å²) in [4.78, 5) is 9.55. The Labute approximate surface area is 129 Å². The number of hydrogen-bond acceptors (Lipinski definition) is 4. The first-order valence-electron chi connectivity index (χ1n) is 8.22. The number of rotatable bonds is 6. The van der Waals surface area contributed by atoms with Gasteiger partial charge in [0.1, 0.15) is 5.82 Å². The molecule has 1 aromatic heterocycles. The Hall–Kier alpha value is -1.13. The van der Waals surface area contributed by atoms with E-state index in [4.69, 9.17) is 10.7 Å². The zero-order valence-corrected chi connectivity index (χ0v) is 13.8. The van der Waals surface area contributed by atoms with Crippen LogP contribution in [0.2, 0.25) is 0 Å². The van der Waals surface area contributed by atoms with Crippen LogP contribution in [-0.4, -0.2) is 43.6 Å². The minimum atomic E-state index is 0.592. The second-order valence-corrected chi connectivity index (χ2v) is 6.41. The van der Waals surface area contributed by atoms with Crippen molar-refractivity contribution in [2.75, 3.05) is 38.6 Å². The molecule has 1 aromatic rings. The van der Waals surface area contributed by atoms with Gasteiger partial charge in [-0.3, -0.25) is 0 Å². The Morgan fingerprint density at radius 1 is 1.33 bits per heavy atom.